The molecule has 1 N–H and O–H groups in total. The van der Waals surface area contributed by atoms with E-state index in [-0.39, 0.29) is 12.2 Å². The van der Waals surface area contributed by atoms with Gasteiger partial charge in [0.2, 0.25) is 0 Å². The fourth-order valence-corrected chi connectivity index (χ4v) is 1.70. The SMILES string of the molecule is CCC(C)C(O)COCC1CCCCO1. The molecule has 3 nitrogen and oxygen atoms in total. The maximum absolute atomic E-state index is 9.68. The molecule has 90 valence electrons. The van der Waals surface area contributed by atoms with Gasteiger partial charge in [-0.1, -0.05) is 20.3 Å². The molecule has 15 heavy (non-hydrogen) atoms. The Balaban J connectivity index is 2.04. The van der Waals surface area contributed by atoms with Crippen LogP contribution in [0.5, 0.6) is 0 Å². The number of hydrogen-bond acceptors (Lipinski definition) is 3. The Morgan fingerprint density at radius 3 is 2.87 bits per heavy atom. The van der Waals surface area contributed by atoms with Crippen molar-refractivity contribution in [3.05, 3.63) is 0 Å². The highest BCUT2D eigenvalue weighted by molar-refractivity contribution is 4.65. The van der Waals surface area contributed by atoms with E-state index in [9.17, 15) is 5.11 Å². The highest BCUT2D eigenvalue weighted by Gasteiger charge is 2.16. The Morgan fingerprint density at radius 1 is 1.47 bits per heavy atom. The van der Waals surface area contributed by atoms with Gasteiger partial charge in [-0.05, 0) is 25.2 Å². The lowest BCUT2D eigenvalue weighted by molar-refractivity contribution is -0.0640. The Bertz CT molecular complexity index is 153. The summed E-state index contributed by atoms with van der Waals surface area (Å²) in [6, 6.07) is 0. The fourth-order valence-electron chi connectivity index (χ4n) is 1.70. The first-order valence-corrected chi connectivity index (χ1v) is 6.11. The number of aliphatic hydroxyl groups excluding tert-OH is 1. The van der Waals surface area contributed by atoms with Crippen LogP contribution in [0.1, 0.15) is 39.5 Å². The van der Waals surface area contributed by atoms with E-state index in [0.717, 1.165) is 19.4 Å². The van der Waals surface area contributed by atoms with Gasteiger partial charge in [0, 0.05) is 6.61 Å². The first-order valence-electron chi connectivity index (χ1n) is 6.11. The minimum absolute atomic E-state index is 0.253. The Morgan fingerprint density at radius 2 is 2.27 bits per heavy atom. The Kier molecular flexibility index (Phi) is 6.22. The van der Waals surface area contributed by atoms with Crippen LogP contribution >= 0.6 is 0 Å². The van der Waals surface area contributed by atoms with Gasteiger partial charge in [-0.3, -0.25) is 0 Å². The lowest BCUT2D eigenvalue weighted by atomic mass is 10.0. The molecule has 1 rings (SSSR count). The third-order valence-electron chi connectivity index (χ3n) is 3.17. The van der Waals surface area contributed by atoms with Crippen LogP contribution in [0.3, 0.4) is 0 Å². The zero-order valence-electron chi connectivity index (χ0n) is 9.95. The molecule has 0 saturated carbocycles. The van der Waals surface area contributed by atoms with E-state index in [0.29, 0.717) is 19.1 Å². The smallest absolute Gasteiger partial charge is 0.0808 e. The van der Waals surface area contributed by atoms with Crippen molar-refractivity contribution >= 4 is 0 Å². The zero-order chi connectivity index (χ0) is 11.1. The monoisotopic (exact) mass is 216 g/mol. The van der Waals surface area contributed by atoms with E-state index >= 15 is 0 Å². The summed E-state index contributed by atoms with van der Waals surface area (Å²) in [7, 11) is 0. The standard InChI is InChI=1S/C12H24O3/c1-3-10(2)12(13)9-14-8-11-6-4-5-7-15-11/h10-13H,3-9H2,1-2H3. The van der Waals surface area contributed by atoms with Crippen LogP contribution in [-0.2, 0) is 9.47 Å². The van der Waals surface area contributed by atoms with Gasteiger partial charge < -0.3 is 14.6 Å². The van der Waals surface area contributed by atoms with E-state index in [2.05, 4.69) is 6.92 Å². The minimum atomic E-state index is -0.335. The second kappa shape index (κ2) is 7.20. The molecule has 0 bridgehead atoms. The van der Waals surface area contributed by atoms with Crippen LogP contribution in [0.4, 0.5) is 0 Å². The number of ether oxygens (including phenoxy) is 2. The molecule has 1 aliphatic rings. The molecule has 0 aromatic carbocycles. The van der Waals surface area contributed by atoms with Gasteiger partial charge in [0.1, 0.15) is 0 Å². The summed E-state index contributed by atoms with van der Waals surface area (Å²) >= 11 is 0. The molecule has 0 amide bonds. The number of rotatable bonds is 6. The molecule has 0 spiro atoms. The Labute approximate surface area is 92.8 Å². The molecular weight excluding hydrogens is 192 g/mol. The first-order chi connectivity index (χ1) is 7.24. The minimum Gasteiger partial charge on any atom is -0.390 e. The van der Waals surface area contributed by atoms with Crippen molar-refractivity contribution in [2.24, 2.45) is 5.92 Å². The number of aliphatic hydroxyl groups is 1. The molecule has 0 aromatic rings. The maximum Gasteiger partial charge on any atom is 0.0808 e. The van der Waals surface area contributed by atoms with Crippen molar-refractivity contribution in [3.8, 4) is 0 Å². The van der Waals surface area contributed by atoms with Crippen molar-refractivity contribution in [2.45, 2.75) is 51.7 Å². The molecule has 0 radical (unpaired) electrons. The second-order valence-corrected chi connectivity index (χ2v) is 4.48. The van der Waals surface area contributed by atoms with Gasteiger partial charge in [-0.15, -0.1) is 0 Å². The summed E-state index contributed by atoms with van der Waals surface area (Å²) in [5, 5.41) is 9.68. The quantitative estimate of drug-likeness (QED) is 0.738. The van der Waals surface area contributed by atoms with Crippen LogP contribution in [0, 0.1) is 5.92 Å². The molecule has 3 atom stereocenters. The van der Waals surface area contributed by atoms with Gasteiger partial charge >= 0.3 is 0 Å². The third kappa shape index (κ3) is 4.96. The van der Waals surface area contributed by atoms with Crippen molar-refractivity contribution in [1.82, 2.24) is 0 Å². The van der Waals surface area contributed by atoms with Crippen LogP contribution in [-0.4, -0.2) is 37.1 Å². The predicted molar refractivity (Wildman–Crippen MR) is 59.9 cm³/mol. The van der Waals surface area contributed by atoms with E-state index in [4.69, 9.17) is 9.47 Å². The topological polar surface area (TPSA) is 38.7 Å². The summed E-state index contributed by atoms with van der Waals surface area (Å²) < 4.78 is 11.0. The summed E-state index contributed by atoms with van der Waals surface area (Å²) in [5.74, 6) is 0.317. The van der Waals surface area contributed by atoms with E-state index in [1.807, 2.05) is 6.92 Å². The van der Waals surface area contributed by atoms with Crippen LogP contribution in [0.25, 0.3) is 0 Å². The molecule has 1 heterocycles. The molecule has 3 heteroatoms. The van der Waals surface area contributed by atoms with Gasteiger partial charge in [0.15, 0.2) is 0 Å². The highest BCUT2D eigenvalue weighted by atomic mass is 16.5. The van der Waals surface area contributed by atoms with Gasteiger partial charge in [-0.25, -0.2) is 0 Å². The van der Waals surface area contributed by atoms with Gasteiger partial charge in [0.05, 0.1) is 25.4 Å². The average Bonchev–Trinajstić information content (AvgIpc) is 2.29. The van der Waals surface area contributed by atoms with Crippen LogP contribution in [0.2, 0.25) is 0 Å². The third-order valence-corrected chi connectivity index (χ3v) is 3.17. The van der Waals surface area contributed by atoms with Crippen molar-refractivity contribution in [3.63, 3.8) is 0 Å². The van der Waals surface area contributed by atoms with Crippen molar-refractivity contribution < 1.29 is 14.6 Å². The lowest BCUT2D eigenvalue weighted by Crippen LogP contribution is -2.29. The van der Waals surface area contributed by atoms with Crippen molar-refractivity contribution in [1.29, 1.82) is 0 Å². The molecule has 1 fully saturated rings. The van der Waals surface area contributed by atoms with Crippen LogP contribution in [0.15, 0.2) is 0 Å². The largest absolute Gasteiger partial charge is 0.390 e. The normalized spacial score (nSPS) is 26.2. The van der Waals surface area contributed by atoms with Crippen LogP contribution < -0.4 is 0 Å². The molecule has 0 aromatic heterocycles. The summed E-state index contributed by atoms with van der Waals surface area (Å²) in [6.45, 7) is 6.06. The molecule has 1 saturated heterocycles. The molecular formula is C12H24O3. The summed E-state index contributed by atoms with van der Waals surface area (Å²) in [5.41, 5.74) is 0. The number of hydrogen-bond donors (Lipinski definition) is 1. The van der Waals surface area contributed by atoms with Gasteiger partial charge in [-0.2, -0.15) is 0 Å². The first kappa shape index (κ1) is 12.9. The molecule has 0 aliphatic carbocycles. The second-order valence-electron chi connectivity index (χ2n) is 4.48. The maximum atomic E-state index is 9.68. The van der Waals surface area contributed by atoms with Gasteiger partial charge in [0.25, 0.3) is 0 Å². The highest BCUT2D eigenvalue weighted by Crippen LogP contribution is 2.13. The summed E-state index contributed by atoms with van der Waals surface area (Å²) in [4.78, 5) is 0. The summed E-state index contributed by atoms with van der Waals surface area (Å²) in [6.07, 6.45) is 4.42. The lowest BCUT2D eigenvalue weighted by Gasteiger charge is -2.23. The molecule has 1 aliphatic heterocycles. The average molecular weight is 216 g/mol. The predicted octanol–water partition coefficient (Wildman–Crippen LogP) is 1.98. The van der Waals surface area contributed by atoms with E-state index in [1.165, 1.54) is 12.8 Å². The molecule has 3 unspecified atom stereocenters. The van der Waals surface area contributed by atoms with E-state index < -0.39 is 0 Å². The Hall–Kier alpha value is -0.120. The van der Waals surface area contributed by atoms with Crippen molar-refractivity contribution in [2.75, 3.05) is 19.8 Å². The van der Waals surface area contributed by atoms with E-state index in [1.54, 1.807) is 0 Å². The fraction of sp³-hybridized carbons (Fsp3) is 1.00. The zero-order valence-corrected chi connectivity index (χ0v) is 9.95.